The van der Waals surface area contributed by atoms with Gasteiger partial charge in [0.1, 0.15) is 15.7 Å². The standard InChI is InChI=1S/C15H15N3O4S/c1-9-17-18-14(23-9)10-5-4-6-11(7-10)16-12(15(20)22-3)8-13(19)21-2/h4-8,16H,1-3H3/b12-8+. The van der Waals surface area contributed by atoms with Crippen LogP contribution in [0.2, 0.25) is 0 Å². The Morgan fingerprint density at radius 3 is 2.61 bits per heavy atom. The second-order valence-electron chi connectivity index (χ2n) is 4.40. The van der Waals surface area contributed by atoms with Gasteiger partial charge < -0.3 is 14.8 Å². The minimum absolute atomic E-state index is 0.0232. The lowest BCUT2D eigenvalue weighted by Gasteiger charge is -2.09. The molecule has 0 unspecified atom stereocenters. The van der Waals surface area contributed by atoms with Crippen LogP contribution in [0.3, 0.4) is 0 Å². The smallest absolute Gasteiger partial charge is 0.354 e. The SMILES string of the molecule is COC(=O)/C=C(/Nc1cccc(-c2nnc(C)s2)c1)C(=O)OC. The Bertz CT molecular complexity index is 755. The van der Waals surface area contributed by atoms with Crippen molar-refractivity contribution in [3.8, 4) is 10.6 Å². The number of ether oxygens (including phenoxy) is 2. The van der Waals surface area contributed by atoms with Gasteiger partial charge in [-0.15, -0.1) is 10.2 Å². The number of aryl methyl sites for hydroxylation is 1. The van der Waals surface area contributed by atoms with Gasteiger partial charge in [0.15, 0.2) is 0 Å². The number of nitrogens with one attached hydrogen (secondary N) is 1. The van der Waals surface area contributed by atoms with E-state index < -0.39 is 11.9 Å². The third-order valence-corrected chi connectivity index (χ3v) is 3.67. The molecule has 8 heteroatoms. The first kappa shape index (κ1) is 16.6. The Hall–Kier alpha value is -2.74. The summed E-state index contributed by atoms with van der Waals surface area (Å²) in [6, 6.07) is 7.24. The molecule has 0 bridgehead atoms. The fourth-order valence-electron chi connectivity index (χ4n) is 1.73. The van der Waals surface area contributed by atoms with Crippen LogP contribution in [0.15, 0.2) is 36.0 Å². The topological polar surface area (TPSA) is 90.4 Å². The minimum Gasteiger partial charge on any atom is -0.466 e. The summed E-state index contributed by atoms with van der Waals surface area (Å²) in [5.74, 6) is -1.33. The lowest BCUT2D eigenvalue weighted by molar-refractivity contribution is -0.138. The summed E-state index contributed by atoms with van der Waals surface area (Å²) in [7, 11) is 2.46. The van der Waals surface area contributed by atoms with Crippen molar-refractivity contribution < 1.29 is 19.1 Å². The van der Waals surface area contributed by atoms with Crippen LogP contribution in [0.5, 0.6) is 0 Å². The maximum Gasteiger partial charge on any atom is 0.354 e. The zero-order valence-electron chi connectivity index (χ0n) is 12.8. The highest BCUT2D eigenvalue weighted by Crippen LogP contribution is 2.26. The average Bonchev–Trinajstić information content (AvgIpc) is 3.00. The van der Waals surface area contributed by atoms with Gasteiger partial charge in [0.2, 0.25) is 0 Å². The summed E-state index contributed by atoms with van der Waals surface area (Å²) in [5, 5.41) is 12.5. The molecule has 0 aliphatic heterocycles. The van der Waals surface area contributed by atoms with Crippen molar-refractivity contribution in [1.29, 1.82) is 0 Å². The predicted molar refractivity (Wildman–Crippen MR) is 85.8 cm³/mol. The average molecular weight is 333 g/mol. The number of hydrogen-bond donors (Lipinski definition) is 1. The molecule has 1 heterocycles. The summed E-state index contributed by atoms with van der Waals surface area (Å²) >= 11 is 1.46. The lowest BCUT2D eigenvalue weighted by atomic mass is 10.2. The zero-order valence-corrected chi connectivity index (χ0v) is 13.6. The van der Waals surface area contributed by atoms with Crippen molar-refractivity contribution >= 4 is 29.0 Å². The molecule has 0 amide bonds. The van der Waals surface area contributed by atoms with Gasteiger partial charge in [-0.05, 0) is 19.1 Å². The van der Waals surface area contributed by atoms with E-state index in [4.69, 9.17) is 0 Å². The summed E-state index contributed by atoms with van der Waals surface area (Å²) in [5.41, 5.74) is 1.43. The van der Waals surface area contributed by atoms with E-state index in [-0.39, 0.29) is 5.70 Å². The van der Waals surface area contributed by atoms with E-state index in [1.54, 1.807) is 18.2 Å². The Labute approximate surface area is 137 Å². The van der Waals surface area contributed by atoms with Crippen LogP contribution in [0.4, 0.5) is 5.69 Å². The molecule has 23 heavy (non-hydrogen) atoms. The number of hydrogen-bond acceptors (Lipinski definition) is 8. The number of anilines is 1. The number of esters is 2. The zero-order chi connectivity index (χ0) is 16.8. The van der Waals surface area contributed by atoms with Gasteiger partial charge in [0.05, 0.1) is 20.3 Å². The molecule has 0 aliphatic rings. The van der Waals surface area contributed by atoms with E-state index in [9.17, 15) is 9.59 Å². The van der Waals surface area contributed by atoms with Crippen LogP contribution in [-0.2, 0) is 19.1 Å². The number of carbonyl (C=O) groups is 2. The first-order valence-electron chi connectivity index (χ1n) is 6.59. The molecule has 0 atom stereocenters. The first-order chi connectivity index (χ1) is 11.0. The summed E-state index contributed by atoms with van der Waals surface area (Å²) < 4.78 is 9.18. The van der Waals surface area contributed by atoms with Crippen LogP contribution >= 0.6 is 11.3 Å². The number of benzene rings is 1. The second kappa shape index (κ2) is 7.50. The maximum absolute atomic E-state index is 11.7. The van der Waals surface area contributed by atoms with Crippen molar-refractivity contribution in [2.75, 3.05) is 19.5 Å². The number of methoxy groups -OCH3 is 2. The Kier molecular flexibility index (Phi) is 5.42. The van der Waals surface area contributed by atoms with Gasteiger partial charge in [-0.2, -0.15) is 0 Å². The fraction of sp³-hybridized carbons (Fsp3) is 0.200. The van der Waals surface area contributed by atoms with Crippen LogP contribution in [0.1, 0.15) is 5.01 Å². The van der Waals surface area contributed by atoms with Gasteiger partial charge in [-0.1, -0.05) is 23.5 Å². The molecule has 1 N–H and O–H groups in total. The van der Waals surface area contributed by atoms with Gasteiger partial charge in [0.25, 0.3) is 0 Å². The molecule has 0 aliphatic carbocycles. The van der Waals surface area contributed by atoms with Gasteiger partial charge in [-0.25, -0.2) is 9.59 Å². The highest BCUT2D eigenvalue weighted by molar-refractivity contribution is 7.14. The number of nitrogens with zero attached hydrogens (tertiary/aromatic N) is 2. The molecule has 0 radical (unpaired) electrons. The van der Waals surface area contributed by atoms with E-state index >= 15 is 0 Å². The Morgan fingerprint density at radius 2 is 2.00 bits per heavy atom. The third-order valence-electron chi connectivity index (χ3n) is 2.78. The lowest BCUT2D eigenvalue weighted by Crippen LogP contribution is -2.15. The normalized spacial score (nSPS) is 11.0. The molecule has 0 saturated heterocycles. The van der Waals surface area contributed by atoms with Crippen LogP contribution in [0, 0.1) is 6.92 Å². The molecule has 2 rings (SSSR count). The molecule has 2 aromatic rings. The molecule has 0 saturated carbocycles. The molecule has 0 spiro atoms. The third kappa shape index (κ3) is 4.36. The van der Waals surface area contributed by atoms with E-state index in [0.717, 1.165) is 21.7 Å². The van der Waals surface area contributed by atoms with Crippen LogP contribution < -0.4 is 5.32 Å². The highest BCUT2D eigenvalue weighted by atomic mass is 32.1. The second-order valence-corrected chi connectivity index (χ2v) is 5.59. The summed E-state index contributed by atoms with van der Waals surface area (Å²) in [6.45, 7) is 1.87. The first-order valence-corrected chi connectivity index (χ1v) is 7.40. The summed E-state index contributed by atoms with van der Waals surface area (Å²) in [6.07, 6.45) is 1.04. The fourth-order valence-corrected chi connectivity index (χ4v) is 2.42. The van der Waals surface area contributed by atoms with Gasteiger partial charge in [0, 0.05) is 11.3 Å². The minimum atomic E-state index is -0.674. The van der Waals surface area contributed by atoms with Crippen LogP contribution in [0.25, 0.3) is 10.6 Å². The molecular formula is C15H15N3O4S. The summed E-state index contributed by atoms with van der Waals surface area (Å²) in [4.78, 5) is 23.1. The molecule has 1 aromatic carbocycles. The van der Waals surface area contributed by atoms with Gasteiger partial charge >= 0.3 is 11.9 Å². The maximum atomic E-state index is 11.7. The molecule has 1 aromatic heterocycles. The number of aromatic nitrogens is 2. The number of rotatable bonds is 5. The van der Waals surface area contributed by atoms with E-state index in [1.807, 2.05) is 13.0 Å². The quantitative estimate of drug-likeness (QED) is 0.662. The van der Waals surface area contributed by atoms with E-state index in [0.29, 0.717) is 5.69 Å². The Morgan fingerprint density at radius 1 is 1.22 bits per heavy atom. The Balaban J connectivity index is 2.28. The van der Waals surface area contributed by atoms with E-state index in [2.05, 4.69) is 25.0 Å². The van der Waals surface area contributed by atoms with Gasteiger partial charge in [-0.3, -0.25) is 0 Å². The van der Waals surface area contributed by atoms with Crippen molar-refractivity contribution in [3.63, 3.8) is 0 Å². The molecule has 0 fully saturated rings. The van der Waals surface area contributed by atoms with E-state index in [1.165, 1.54) is 25.6 Å². The van der Waals surface area contributed by atoms with Crippen molar-refractivity contribution in [2.45, 2.75) is 6.92 Å². The largest absolute Gasteiger partial charge is 0.466 e. The van der Waals surface area contributed by atoms with Crippen molar-refractivity contribution in [2.24, 2.45) is 0 Å². The number of carbonyl (C=O) groups excluding carboxylic acids is 2. The highest BCUT2D eigenvalue weighted by Gasteiger charge is 2.13. The van der Waals surface area contributed by atoms with Crippen molar-refractivity contribution in [3.05, 3.63) is 41.0 Å². The molecule has 7 nitrogen and oxygen atoms in total. The van der Waals surface area contributed by atoms with Crippen molar-refractivity contribution in [1.82, 2.24) is 10.2 Å². The monoisotopic (exact) mass is 333 g/mol. The van der Waals surface area contributed by atoms with Crippen LogP contribution in [-0.4, -0.2) is 36.4 Å². The molecular weight excluding hydrogens is 318 g/mol. The molecule has 120 valence electrons. The predicted octanol–water partition coefficient (Wildman–Crippen LogP) is 2.16.